The van der Waals surface area contributed by atoms with Crippen molar-refractivity contribution in [2.24, 2.45) is 0 Å². The van der Waals surface area contributed by atoms with Crippen LogP contribution in [0.5, 0.6) is 0 Å². The van der Waals surface area contributed by atoms with Gasteiger partial charge in [0.15, 0.2) is 0 Å². The average Bonchev–Trinajstić information content (AvgIpc) is 2.78. The Bertz CT molecular complexity index is 1030. The second kappa shape index (κ2) is 14.1. The van der Waals surface area contributed by atoms with E-state index in [-0.39, 0.29) is 41.9 Å². The minimum absolute atomic E-state index is 0.0632. The molecular weight excluding hydrogens is 588 g/mol. The van der Waals surface area contributed by atoms with E-state index in [2.05, 4.69) is 116 Å². The standard InChI is InChI=1S/C31H48O3SSeSi2/c1-30(2,3)37(7,8)33-25(21-22-35-27-17-13-11-14-18-27)23-26(34-38(9,10)31(4,5)6)24-29(32)36-28-19-15-12-16-20-28/h11-22,25-26H,23-24H2,1-10H3/b22-21+/t25-,26+/m0/s1. The van der Waals surface area contributed by atoms with E-state index >= 15 is 0 Å². The van der Waals surface area contributed by atoms with Gasteiger partial charge in [0.1, 0.15) is 0 Å². The number of hydrogen-bond acceptors (Lipinski definition) is 4. The summed E-state index contributed by atoms with van der Waals surface area (Å²) < 4.78 is 15.3. The molecule has 210 valence electrons. The molecule has 2 atom stereocenters. The van der Waals surface area contributed by atoms with Gasteiger partial charge in [0.2, 0.25) is 0 Å². The third-order valence-corrected chi connectivity index (χ3v) is 19.4. The van der Waals surface area contributed by atoms with Crippen LogP contribution < -0.4 is 4.46 Å². The topological polar surface area (TPSA) is 35.5 Å². The summed E-state index contributed by atoms with van der Waals surface area (Å²) in [6, 6.07) is 20.5. The van der Waals surface area contributed by atoms with Gasteiger partial charge >= 0.3 is 246 Å². The zero-order chi connectivity index (χ0) is 28.6. The molecule has 2 aromatic carbocycles. The van der Waals surface area contributed by atoms with Crippen LogP contribution in [0.1, 0.15) is 54.4 Å². The first-order chi connectivity index (χ1) is 17.5. The molecule has 2 rings (SSSR count). The van der Waals surface area contributed by atoms with Crippen LogP contribution in [0, 0.1) is 0 Å². The van der Waals surface area contributed by atoms with Crippen molar-refractivity contribution in [2.75, 3.05) is 0 Å². The summed E-state index contributed by atoms with van der Waals surface area (Å²) in [7, 11) is -4.14. The predicted octanol–water partition coefficient (Wildman–Crippen LogP) is 8.41. The van der Waals surface area contributed by atoms with E-state index in [1.165, 1.54) is 4.90 Å². The van der Waals surface area contributed by atoms with Gasteiger partial charge in [-0.05, 0) is 0 Å². The maximum absolute atomic E-state index is 13.3. The van der Waals surface area contributed by atoms with Crippen LogP contribution in [0.2, 0.25) is 36.3 Å². The Morgan fingerprint density at radius 2 is 1.34 bits per heavy atom. The fourth-order valence-corrected chi connectivity index (χ4v) is 8.41. The normalized spacial score (nSPS) is 15.0. The average molecular weight is 636 g/mol. The Kier molecular flexibility index (Phi) is 12.4. The molecule has 0 saturated carbocycles. The molecule has 3 nitrogen and oxygen atoms in total. The fraction of sp³-hybridized carbons (Fsp3) is 0.516. The van der Waals surface area contributed by atoms with Crippen molar-refractivity contribution in [1.82, 2.24) is 0 Å². The van der Waals surface area contributed by atoms with Gasteiger partial charge in [0, 0.05) is 0 Å². The summed E-state index contributed by atoms with van der Waals surface area (Å²) in [5.74, 6) is 0. The first-order valence-corrected chi connectivity index (χ1v) is 21.9. The molecule has 0 unspecified atom stereocenters. The zero-order valence-electron chi connectivity index (χ0n) is 25.0. The van der Waals surface area contributed by atoms with Gasteiger partial charge in [-0.1, -0.05) is 0 Å². The van der Waals surface area contributed by atoms with Crippen molar-refractivity contribution in [3.63, 3.8) is 0 Å². The third kappa shape index (κ3) is 10.9. The number of benzene rings is 2. The molecule has 0 bridgehead atoms. The van der Waals surface area contributed by atoms with Crippen molar-refractivity contribution < 1.29 is 13.6 Å². The Balaban J connectivity index is 2.31. The van der Waals surface area contributed by atoms with E-state index in [0.29, 0.717) is 12.8 Å². The van der Waals surface area contributed by atoms with Crippen LogP contribution >= 0.6 is 11.8 Å². The first kappa shape index (κ1) is 33.3. The van der Waals surface area contributed by atoms with Crippen molar-refractivity contribution in [2.45, 2.75) is 108 Å². The van der Waals surface area contributed by atoms with Crippen LogP contribution in [0.15, 0.2) is 77.0 Å². The predicted molar refractivity (Wildman–Crippen MR) is 172 cm³/mol. The van der Waals surface area contributed by atoms with Gasteiger partial charge in [-0.15, -0.1) is 0 Å². The molecule has 38 heavy (non-hydrogen) atoms. The molecule has 0 fully saturated rings. The SMILES string of the molecule is CC(C)(C)[Si](C)(C)O[C@@H](CC(=O)[Se]c1ccccc1)C[C@H](/C=C/Sc1ccccc1)O[Si](C)(C)C(C)(C)C. The Morgan fingerprint density at radius 3 is 1.87 bits per heavy atom. The molecule has 0 aliphatic rings. The summed E-state index contributed by atoms with van der Waals surface area (Å²) in [4.78, 5) is 14.5. The van der Waals surface area contributed by atoms with Crippen molar-refractivity contribution in [3.05, 3.63) is 72.1 Å². The van der Waals surface area contributed by atoms with E-state index in [4.69, 9.17) is 8.85 Å². The van der Waals surface area contributed by atoms with E-state index < -0.39 is 16.6 Å². The van der Waals surface area contributed by atoms with Crippen molar-refractivity contribution >= 4 is 52.5 Å². The van der Waals surface area contributed by atoms with Crippen LogP contribution in [0.3, 0.4) is 0 Å². The molecule has 0 aliphatic heterocycles. The molecule has 0 N–H and O–H groups in total. The quantitative estimate of drug-likeness (QED) is 0.164. The van der Waals surface area contributed by atoms with E-state index in [1.807, 2.05) is 24.3 Å². The van der Waals surface area contributed by atoms with Crippen LogP contribution in [0.4, 0.5) is 0 Å². The molecule has 0 heterocycles. The van der Waals surface area contributed by atoms with Gasteiger partial charge in [-0.25, -0.2) is 0 Å². The fourth-order valence-electron chi connectivity index (χ4n) is 3.30. The Morgan fingerprint density at radius 1 is 0.842 bits per heavy atom. The molecule has 0 saturated heterocycles. The van der Waals surface area contributed by atoms with Gasteiger partial charge in [0.25, 0.3) is 0 Å². The molecule has 2 aromatic rings. The van der Waals surface area contributed by atoms with E-state index in [1.54, 1.807) is 11.8 Å². The van der Waals surface area contributed by atoms with E-state index in [0.717, 1.165) is 4.46 Å². The number of carbonyl (C=O) groups is 1. The molecule has 7 heteroatoms. The van der Waals surface area contributed by atoms with E-state index in [9.17, 15) is 4.79 Å². The van der Waals surface area contributed by atoms with Gasteiger partial charge in [-0.3, -0.25) is 0 Å². The summed E-state index contributed by atoms with van der Waals surface area (Å²) in [6.07, 6.45) is 3.02. The number of hydrogen-bond donors (Lipinski definition) is 0. The molecule has 0 spiro atoms. The van der Waals surface area contributed by atoms with Crippen molar-refractivity contribution in [1.29, 1.82) is 0 Å². The molecule has 0 aliphatic carbocycles. The van der Waals surface area contributed by atoms with Gasteiger partial charge in [-0.2, -0.15) is 0 Å². The Labute approximate surface area is 245 Å². The van der Waals surface area contributed by atoms with Crippen LogP contribution in [0.25, 0.3) is 0 Å². The Hall–Kier alpha value is -0.927. The third-order valence-electron chi connectivity index (χ3n) is 7.62. The first-order valence-electron chi connectivity index (χ1n) is 13.5. The molecule has 0 amide bonds. The molecular formula is C31H48O3SSeSi2. The summed E-state index contributed by atoms with van der Waals surface area (Å²) in [6.45, 7) is 22.7. The molecule has 0 radical (unpaired) electrons. The minimum atomic E-state index is -2.09. The number of rotatable bonds is 13. The van der Waals surface area contributed by atoms with Crippen LogP contribution in [-0.2, 0) is 13.6 Å². The van der Waals surface area contributed by atoms with Crippen molar-refractivity contribution in [3.8, 4) is 0 Å². The van der Waals surface area contributed by atoms with Gasteiger partial charge in [0.05, 0.1) is 0 Å². The summed E-state index contributed by atoms with van der Waals surface area (Å²) in [5.41, 5.74) is 0. The van der Waals surface area contributed by atoms with Crippen LogP contribution in [-0.4, -0.2) is 48.5 Å². The second-order valence-electron chi connectivity index (χ2n) is 12.9. The maximum atomic E-state index is 13.3. The monoisotopic (exact) mass is 636 g/mol. The summed E-state index contributed by atoms with van der Waals surface area (Å²) in [5, 5.41) is 2.30. The number of thioether (sulfide) groups is 1. The zero-order valence-corrected chi connectivity index (χ0v) is 29.6. The second-order valence-corrected chi connectivity index (χ2v) is 25.8. The molecule has 0 aromatic heterocycles. The number of carbonyl (C=O) groups excluding carboxylic acids is 1. The summed E-state index contributed by atoms with van der Waals surface area (Å²) >= 11 is 1.48. The van der Waals surface area contributed by atoms with Gasteiger partial charge < -0.3 is 0 Å².